The highest BCUT2D eigenvalue weighted by molar-refractivity contribution is 6.42. The van der Waals surface area contributed by atoms with E-state index in [2.05, 4.69) is 5.32 Å². The van der Waals surface area contributed by atoms with Crippen LogP contribution in [0.3, 0.4) is 0 Å². The zero-order valence-corrected chi connectivity index (χ0v) is 23.7. The summed E-state index contributed by atoms with van der Waals surface area (Å²) in [6, 6.07) is 9.08. The molecule has 2 aromatic carbocycles. The standard InChI is InChI=1S/C28H33Cl2FN4O5/c1-39-26(36)8-7-24(27(37)33-14-17-5-6-22(29)23(30)11-17)34-10-9-20(16-40-21-4-2-3-18(31)12-21)35-15-19(32)13-25(35)28(34)38/h2-6,11-12,19-20,24-25H,7-10,13-16,32H2,1H3,(H,33,37)/t19-,20?,24-,25+/m1/s1. The first-order chi connectivity index (χ1) is 19.2. The molecule has 2 aromatic rings. The Bertz CT molecular complexity index is 1230. The zero-order valence-electron chi connectivity index (χ0n) is 22.2. The molecule has 12 heteroatoms. The molecule has 2 amide bonds. The number of hydrogen-bond acceptors (Lipinski definition) is 7. The summed E-state index contributed by atoms with van der Waals surface area (Å²) in [5, 5.41) is 3.64. The summed E-state index contributed by atoms with van der Waals surface area (Å²) in [6.45, 7) is 1.16. The molecule has 1 unspecified atom stereocenters. The number of nitrogens with two attached hydrogens (primary N) is 1. The van der Waals surface area contributed by atoms with Crippen molar-refractivity contribution in [3.8, 4) is 5.75 Å². The minimum Gasteiger partial charge on any atom is -0.492 e. The summed E-state index contributed by atoms with van der Waals surface area (Å²) in [6.07, 6.45) is 0.986. The second kappa shape index (κ2) is 13.6. The number of carbonyl (C=O) groups excluding carboxylic acids is 3. The molecule has 40 heavy (non-hydrogen) atoms. The van der Waals surface area contributed by atoms with Gasteiger partial charge in [0.25, 0.3) is 0 Å². The Balaban J connectivity index is 1.52. The van der Waals surface area contributed by atoms with Crippen molar-refractivity contribution < 1.29 is 28.2 Å². The molecule has 0 aromatic heterocycles. The molecule has 2 aliphatic heterocycles. The lowest BCUT2D eigenvalue weighted by Gasteiger charge is -2.32. The maximum Gasteiger partial charge on any atom is 0.305 e. The highest BCUT2D eigenvalue weighted by Crippen LogP contribution is 2.29. The molecule has 0 spiro atoms. The van der Waals surface area contributed by atoms with Crippen molar-refractivity contribution >= 4 is 41.0 Å². The quantitative estimate of drug-likeness (QED) is 0.406. The number of ether oxygens (including phenoxy) is 2. The van der Waals surface area contributed by atoms with Gasteiger partial charge in [0.15, 0.2) is 0 Å². The number of nitrogens with zero attached hydrogens (tertiary/aromatic N) is 2. The minimum atomic E-state index is -0.907. The van der Waals surface area contributed by atoms with Crippen molar-refractivity contribution in [1.29, 1.82) is 0 Å². The van der Waals surface area contributed by atoms with E-state index in [1.165, 1.54) is 19.2 Å². The van der Waals surface area contributed by atoms with Crippen LogP contribution < -0.4 is 15.8 Å². The van der Waals surface area contributed by atoms with E-state index in [0.29, 0.717) is 35.2 Å². The predicted molar refractivity (Wildman–Crippen MR) is 148 cm³/mol. The van der Waals surface area contributed by atoms with Gasteiger partial charge >= 0.3 is 5.97 Å². The van der Waals surface area contributed by atoms with Crippen LogP contribution in [0, 0.1) is 5.82 Å². The molecule has 2 fully saturated rings. The summed E-state index contributed by atoms with van der Waals surface area (Å²) in [7, 11) is 1.28. The van der Waals surface area contributed by atoms with E-state index in [4.69, 9.17) is 38.4 Å². The summed E-state index contributed by atoms with van der Waals surface area (Å²) in [5.41, 5.74) is 7.00. The van der Waals surface area contributed by atoms with Crippen LogP contribution in [0.1, 0.15) is 31.2 Å². The number of esters is 1. The number of rotatable bonds is 10. The first-order valence-electron chi connectivity index (χ1n) is 13.1. The average molecular weight is 595 g/mol. The maximum atomic E-state index is 13.9. The molecule has 4 rings (SSSR count). The molecule has 0 radical (unpaired) electrons. The maximum absolute atomic E-state index is 13.9. The fraction of sp³-hybridized carbons (Fsp3) is 0.464. The van der Waals surface area contributed by atoms with Crippen molar-refractivity contribution in [3.05, 3.63) is 63.9 Å². The van der Waals surface area contributed by atoms with Crippen molar-refractivity contribution in [2.75, 3.05) is 26.8 Å². The third kappa shape index (κ3) is 7.42. The molecule has 2 aliphatic rings. The third-order valence-corrected chi connectivity index (χ3v) is 8.07. The molecule has 2 heterocycles. The Hall–Kier alpha value is -2.92. The van der Waals surface area contributed by atoms with Crippen LogP contribution in [0.5, 0.6) is 5.75 Å². The van der Waals surface area contributed by atoms with Gasteiger partial charge in [0.05, 0.1) is 23.2 Å². The second-order valence-electron chi connectivity index (χ2n) is 10.0. The number of fused-ring (bicyclic) bond motifs is 1. The van der Waals surface area contributed by atoms with Crippen LogP contribution in [-0.2, 0) is 25.7 Å². The molecule has 0 saturated carbocycles. The van der Waals surface area contributed by atoms with Crippen LogP contribution in [0.25, 0.3) is 0 Å². The van der Waals surface area contributed by atoms with Crippen molar-refractivity contribution in [2.24, 2.45) is 5.73 Å². The van der Waals surface area contributed by atoms with E-state index >= 15 is 0 Å². The molecule has 0 bridgehead atoms. The summed E-state index contributed by atoms with van der Waals surface area (Å²) in [4.78, 5) is 42.9. The molecule has 2 saturated heterocycles. The number of amides is 2. The van der Waals surface area contributed by atoms with Crippen molar-refractivity contribution in [2.45, 2.75) is 56.4 Å². The van der Waals surface area contributed by atoms with Gasteiger partial charge in [-0.15, -0.1) is 0 Å². The lowest BCUT2D eigenvalue weighted by atomic mass is 10.1. The highest BCUT2D eigenvalue weighted by Gasteiger charge is 2.46. The molecule has 4 atom stereocenters. The number of carbonyl (C=O) groups is 3. The second-order valence-corrected chi connectivity index (χ2v) is 10.9. The molecular weight excluding hydrogens is 562 g/mol. The van der Waals surface area contributed by atoms with Crippen LogP contribution in [0.15, 0.2) is 42.5 Å². The van der Waals surface area contributed by atoms with Gasteiger partial charge in [-0.3, -0.25) is 19.3 Å². The van der Waals surface area contributed by atoms with Crippen molar-refractivity contribution in [3.63, 3.8) is 0 Å². The van der Waals surface area contributed by atoms with E-state index in [0.717, 1.165) is 5.56 Å². The SMILES string of the molecule is COC(=O)CC[C@H](C(=O)NCc1ccc(Cl)c(Cl)c1)N1CCC(COc2cccc(F)c2)N2C[C@H](N)C[C@H]2C1=O. The molecule has 216 valence electrons. The third-order valence-electron chi connectivity index (χ3n) is 7.33. The number of hydrogen-bond donors (Lipinski definition) is 2. The van der Waals surface area contributed by atoms with Gasteiger partial charge in [0.1, 0.15) is 24.2 Å². The van der Waals surface area contributed by atoms with Gasteiger partial charge in [0, 0.05) is 44.2 Å². The minimum absolute atomic E-state index is 0.0366. The van der Waals surface area contributed by atoms with Gasteiger partial charge in [-0.05, 0) is 49.1 Å². The van der Waals surface area contributed by atoms with Gasteiger partial charge < -0.3 is 25.4 Å². The topological polar surface area (TPSA) is 114 Å². The van der Waals surface area contributed by atoms with Crippen LogP contribution >= 0.6 is 23.2 Å². The number of benzene rings is 2. The Morgan fingerprint density at radius 1 is 1.20 bits per heavy atom. The fourth-order valence-corrected chi connectivity index (χ4v) is 5.60. The normalized spacial score (nSPS) is 21.9. The monoisotopic (exact) mass is 594 g/mol. The molecule has 0 aliphatic carbocycles. The Labute approximate surface area is 242 Å². The smallest absolute Gasteiger partial charge is 0.305 e. The Morgan fingerprint density at radius 3 is 2.73 bits per heavy atom. The van der Waals surface area contributed by atoms with Gasteiger partial charge in [-0.1, -0.05) is 35.3 Å². The zero-order chi connectivity index (χ0) is 28.8. The van der Waals surface area contributed by atoms with E-state index in [1.54, 1.807) is 35.2 Å². The Kier molecular flexibility index (Phi) is 10.2. The highest BCUT2D eigenvalue weighted by atomic mass is 35.5. The summed E-state index contributed by atoms with van der Waals surface area (Å²) >= 11 is 12.1. The van der Waals surface area contributed by atoms with Crippen LogP contribution in [0.4, 0.5) is 4.39 Å². The molecule has 3 N–H and O–H groups in total. The number of methoxy groups -OCH3 is 1. The van der Waals surface area contributed by atoms with Gasteiger partial charge in [-0.2, -0.15) is 0 Å². The first kappa shape index (κ1) is 30.0. The van der Waals surface area contributed by atoms with E-state index in [-0.39, 0.29) is 50.5 Å². The van der Waals surface area contributed by atoms with Gasteiger partial charge in [0.2, 0.25) is 11.8 Å². The van der Waals surface area contributed by atoms with Crippen molar-refractivity contribution in [1.82, 2.24) is 15.1 Å². The lowest BCUT2D eigenvalue weighted by Crippen LogP contribution is -2.53. The summed E-state index contributed by atoms with van der Waals surface area (Å²) in [5.74, 6) is -1.10. The fourth-order valence-electron chi connectivity index (χ4n) is 5.28. The first-order valence-corrected chi connectivity index (χ1v) is 13.9. The lowest BCUT2D eigenvalue weighted by molar-refractivity contribution is -0.145. The Morgan fingerprint density at radius 2 is 2.00 bits per heavy atom. The van der Waals surface area contributed by atoms with E-state index in [1.807, 2.05) is 4.90 Å². The van der Waals surface area contributed by atoms with Crippen LogP contribution in [-0.4, -0.2) is 78.6 Å². The largest absolute Gasteiger partial charge is 0.492 e. The van der Waals surface area contributed by atoms with E-state index in [9.17, 15) is 18.8 Å². The molecular formula is C28H33Cl2FN4O5. The number of nitrogens with one attached hydrogen (secondary N) is 1. The van der Waals surface area contributed by atoms with Gasteiger partial charge in [-0.25, -0.2) is 4.39 Å². The summed E-state index contributed by atoms with van der Waals surface area (Å²) < 4.78 is 24.3. The predicted octanol–water partition coefficient (Wildman–Crippen LogP) is 3.15. The average Bonchev–Trinajstić information content (AvgIpc) is 3.28. The molecule has 9 nitrogen and oxygen atoms in total. The van der Waals surface area contributed by atoms with E-state index < -0.39 is 29.8 Å². The number of halogens is 3. The van der Waals surface area contributed by atoms with Crippen LogP contribution in [0.2, 0.25) is 10.0 Å².